The van der Waals surface area contributed by atoms with E-state index in [1.807, 2.05) is 24.6 Å². The average molecular weight is 347 g/mol. The van der Waals surface area contributed by atoms with E-state index >= 15 is 0 Å². The highest BCUT2D eigenvalue weighted by atomic mass is 16.2. The predicted octanol–water partition coefficient (Wildman–Crippen LogP) is 2.53. The Hall–Kier alpha value is -2.05. The number of anilines is 1. The lowest BCUT2D eigenvalue weighted by molar-refractivity contribution is -0.126. The fraction of sp³-hybridized carbons (Fsp3) is 0.722. The molecule has 138 valence electrons. The van der Waals surface area contributed by atoms with Gasteiger partial charge in [-0.3, -0.25) is 9.69 Å². The molecule has 2 atom stereocenters. The van der Waals surface area contributed by atoms with Gasteiger partial charge in [0.15, 0.2) is 0 Å². The van der Waals surface area contributed by atoms with E-state index in [0.29, 0.717) is 5.82 Å². The van der Waals surface area contributed by atoms with Crippen LogP contribution in [-0.2, 0) is 10.3 Å². The summed E-state index contributed by atoms with van der Waals surface area (Å²) in [6, 6.07) is 1.80. The van der Waals surface area contributed by atoms with Crippen LogP contribution in [0.4, 0.5) is 10.6 Å². The van der Waals surface area contributed by atoms with Crippen LogP contribution in [0.25, 0.3) is 0 Å². The zero-order chi connectivity index (χ0) is 18.5. The molecule has 1 aromatic rings. The maximum atomic E-state index is 12.6. The number of carbonyl (C=O) groups is 2. The summed E-state index contributed by atoms with van der Waals surface area (Å²) in [4.78, 5) is 28.0. The van der Waals surface area contributed by atoms with Gasteiger partial charge >= 0.3 is 6.03 Å². The van der Waals surface area contributed by atoms with E-state index in [4.69, 9.17) is 10.8 Å². The van der Waals surface area contributed by atoms with Gasteiger partial charge in [0.05, 0.1) is 11.2 Å². The van der Waals surface area contributed by atoms with Gasteiger partial charge in [0.2, 0.25) is 0 Å². The summed E-state index contributed by atoms with van der Waals surface area (Å²) in [5.41, 5.74) is 6.92. The lowest BCUT2D eigenvalue weighted by Crippen LogP contribution is -2.41. The molecule has 0 bridgehead atoms. The molecule has 1 aliphatic heterocycles. The van der Waals surface area contributed by atoms with E-state index in [1.165, 1.54) is 4.90 Å². The summed E-state index contributed by atoms with van der Waals surface area (Å²) >= 11 is 0. The zero-order valence-corrected chi connectivity index (χ0v) is 15.8. The number of imide groups is 1. The molecule has 0 aromatic carbocycles. The van der Waals surface area contributed by atoms with Crippen molar-refractivity contribution >= 4 is 17.8 Å². The van der Waals surface area contributed by atoms with Gasteiger partial charge in [-0.15, -0.1) is 0 Å². The number of hydrogen-bond donors (Lipinski definition) is 1. The van der Waals surface area contributed by atoms with Crippen molar-refractivity contribution in [3.63, 3.8) is 0 Å². The van der Waals surface area contributed by atoms with E-state index in [1.54, 1.807) is 4.90 Å². The normalized spacial score (nSPS) is 24.9. The first-order valence-electron chi connectivity index (χ1n) is 9.08. The summed E-state index contributed by atoms with van der Waals surface area (Å²) in [7, 11) is 0. The van der Waals surface area contributed by atoms with Crippen LogP contribution in [0.15, 0.2) is 6.07 Å². The fourth-order valence-electron chi connectivity index (χ4n) is 3.91. The van der Waals surface area contributed by atoms with Crippen molar-refractivity contribution in [1.82, 2.24) is 19.6 Å². The molecule has 2 N–H and O–H groups in total. The van der Waals surface area contributed by atoms with Crippen molar-refractivity contribution < 1.29 is 9.59 Å². The van der Waals surface area contributed by atoms with Crippen molar-refractivity contribution in [3.8, 4) is 0 Å². The van der Waals surface area contributed by atoms with Gasteiger partial charge in [-0.2, -0.15) is 5.10 Å². The summed E-state index contributed by atoms with van der Waals surface area (Å²) in [5, 5.41) is 4.70. The molecule has 2 heterocycles. The number of nitrogens with two attached hydrogens (primary N) is 1. The zero-order valence-electron chi connectivity index (χ0n) is 15.8. The second-order valence-corrected chi connectivity index (χ2v) is 8.51. The van der Waals surface area contributed by atoms with Crippen molar-refractivity contribution in [3.05, 3.63) is 11.8 Å². The molecule has 1 aromatic heterocycles. The second kappa shape index (κ2) is 6.04. The second-order valence-electron chi connectivity index (χ2n) is 8.51. The van der Waals surface area contributed by atoms with Crippen molar-refractivity contribution in [1.29, 1.82) is 0 Å². The third kappa shape index (κ3) is 3.12. The van der Waals surface area contributed by atoms with Crippen LogP contribution < -0.4 is 5.73 Å². The summed E-state index contributed by atoms with van der Waals surface area (Å²) < 4.78 is 1.85. The predicted molar refractivity (Wildman–Crippen MR) is 96.1 cm³/mol. The third-order valence-corrected chi connectivity index (χ3v) is 5.23. The Balaban J connectivity index is 1.74. The van der Waals surface area contributed by atoms with Crippen LogP contribution in [0, 0.1) is 0 Å². The topological polar surface area (TPSA) is 84.5 Å². The Bertz CT molecular complexity index is 688. The number of nitrogen functional groups attached to an aromatic ring is 1. The smallest absolute Gasteiger partial charge is 0.327 e. The number of hydrogen-bond acceptors (Lipinski definition) is 4. The number of amides is 3. The number of nitrogens with zero attached hydrogens (tertiary/aromatic N) is 4. The highest BCUT2D eigenvalue weighted by Crippen LogP contribution is 2.39. The van der Waals surface area contributed by atoms with Gasteiger partial charge < -0.3 is 10.6 Å². The number of aromatic nitrogens is 2. The number of rotatable bonds is 3. The fourth-order valence-corrected chi connectivity index (χ4v) is 3.91. The molecule has 7 heteroatoms. The molecule has 3 rings (SSSR count). The van der Waals surface area contributed by atoms with Gasteiger partial charge in [0.25, 0.3) is 5.91 Å². The monoisotopic (exact) mass is 347 g/mol. The van der Waals surface area contributed by atoms with Crippen molar-refractivity contribution in [2.24, 2.45) is 0 Å². The minimum Gasteiger partial charge on any atom is -0.384 e. The molecule has 7 nitrogen and oxygen atoms in total. The molecule has 0 radical (unpaired) electrons. The van der Waals surface area contributed by atoms with Gasteiger partial charge in [0, 0.05) is 24.1 Å². The molecule has 2 fully saturated rings. The SMILES string of the molecule is CC(C)N1CC(=O)N([C@H]2CC[C@@H](c3cc(N)n(C(C)(C)C)n3)C2)C1=O. The van der Waals surface area contributed by atoms with Crippen LogP contribution in [-0.4, -0.2) is 50.1 Å². The Morgan fingerprint density at radius 3 is 2.44 bits per heavy atom. The van der Waals surface area contributed by atoms with E-state index in [2.05, 4.69) is 20.8 Å². The average Bonchev–Trinajstić information content (AvgIpc) is 3.16. The van der Waals surface area contributed by atoms with Crippen LogP contribution >= 0.6 is 0 Å². The third-order valence-electron chi connectivity index (χ3n) is 5.23. The Morgan fingerprint density at radius 1 is 1.24 bits per heavy atom. The summed E-state index contributed by atoms with van der Waals surface area (Å²) in [5.74, 6) is 0.818. The first kappa shape index (κ1) is 17.8. The largest absolute Gasteiger partial charge is 0.384 e. The van der Waals surface area contributed by atoms with Crippen LogP contribution in [0.1, 0.15) is 65.5 Å². The van der Waals surface area contributed by atoms with E-state index in [-0.39, 0.29) is 42.0 Å². The Morgan fingerprint density at radius 2 is 1.92 bits per heavy atom. The minimum absolute atomic E-state index is 0.0326. The molecule has 1 saturated heterocycles. The van der Waals surface area contributed by atoms with E-state index < -0.39 is 0 Å². The van der Waals surface area contributed by atoms with Gasteiger partial charge in [0.1, 0.15) is 12.4 Å². The van der Waals surface area contributed by atoms with Crippen LogP contribution in [0.5, 0.6) is 0 Å². The van der Waals surface area contributed by atoms with E-state index in [9.17, 15) is 9.59 Å². The Labute approximate surface area is 149 Å². The first-order valence-corrected chi connectivity index (χ1v) is 9.08. The highest BCUT2D eigenvalue weighted by Gasteiger charge is 2.44. The quantitative estimate of drug-likeness (QED) is 0.852. The Kier molecular flexibility index (Phi) is 4.29. The standard InChI is InChI=1S/C18H29N5O2/c1-11(2)21-10-16(24)22(17(21)25)13-7-6-12(8-13)14-9-15(19)23(20-14)18(3,4)5/h9,11-13H,6-8,10,19H2,1-5H3/t12-,13+/m1/s1. The molecular formula is C18H29N5O2. The summed E-state index contributed by atoms with van der Waals surface area (Å²) in [6.45, 7) is 10.3. The molecule has 0 spiro atoms. The lowest BCUT2D eigenvalue weighted by Gasteiger charge is -2.24. The van der Waals surface area contributed by atoms with Gasteiger partial charge in [-0.1, -0.05) is 0 Å². The maximum absolute atomic E-state index is 12.6. The summed E-state index contributed by atoms with van der Waals surface area (Å²) in [6.07, 6.45) is 2.52. The molecule has 0 unspecified atom stereocenters. The molecule has 1 saturated carbocycles. The van der Waals surface area contributed by atoms with Crippen LogP contribution in [0.2, 0.25) is 0 Å². The van der Waals surface area contributed by atoms with Gasteiger partial charge in [-0.05, 0) is 53.9 Å². The minimum atomic E-state index is -0.168. The molecular weight excluding hydrogens is 318 g/mol. The number of urea groups is 1. The number of carbonyl (C=O) groups excluding carboxylic acids is 2. The highest BCUT2D eigenvalue weighted by molar-refractivity contribution is 6.02. The maximum Gasteiger partial charge on any atom is 0.327 e. The molecule has 1 aliphatic carbocycles. The van der Waals surface area contributed by atoms with Gasteiger partial charge in [-0.25, -0.2) is 9.48 Å². The molecule has 3 amide bonds. The van der Waals surface area contributed by atoms with Crippen molar-refractivity contribution in [2.75, 3.05) is 12.3 Å². The van der Waals surface area contributed by atoms with E-state index in [0.717, 1.165) is 25.0 Å². The lowest BCUT2D eigenvalue weighted by atomic mass is 10.0. The molecule has 2 aliphatic rings. The molecule has 25 heavy (non-hydrogen) atoms. The van der Waals surface area contributed by atoms with Crippen LogP contribution in [0.3, 0.4) is 0 Å². The van der Waals surface area contributed by atoms with Crippen molar-refractivity contribution in [2.45, 2.75) is 77.4 Å². The first-order chi connectivity index (χ1) is 11.6.